The Morgan fingerprint density at radius 2 is 1.96 bits per heavy atom. The quantitative estimate of drug-likeness (QED) is 0.617. The number of para-hydroxylation sites is 1. The molecule has 0 aliphatic heterocycles. The molecule has 0 fully saturated rings. The Morgan fingerprint density at radius 1 is 1.09 bits per heavy atom. The minimum absolute atomic E-state index is 0.170. The molecule has 4 rings (SSSR count). The van der Waals surface area contributed by atoms with E-state index in [1.165, 1.54) is 0 Å². The fourth-order valence-electron chi connectivity index (χ4n) is 2.65. The summed E-state index contributed by atoms with van der Waals surface area (Å²) in [6, 6.07) is 13.2. The highest BCUT2D eigenvalue weighted by Crippen LogP contribution is 2.21. The van der Waals surface area contributed by atoms with Crippen LogP contribution in [0, 0.1) is 6.92 Å². The number of nitrogens with one attached hydrogen (secondary N) is 1. The summed E-state index contributed by atoms with van der Waals surface area (Å²) in [6.45, 7) is 1.93. The van der Waals surface area contributed by atoms with Gasteiger partial charge in [0.25, 0.3) is 5.91 Å². The molecule has 23 heavy (non-hydrogen) atoms. The third-order valence-electron chi connectivity index (χ3n) is 3.71. The Balaban J connectivity index is 1.70. The molecular weight excluding hydrogens is 288 g/mol. The van der Waals surface area contributed by atoms with Gasteiger partial charge in [-0.15, -0.1) is 0 Å². The zero-order valence-electron chi connectivity index (χ0n) is 12.5. The number of aryl methyl sites for hydroxylation is 1. The lowest BCUT2D eigenvalue weighted by atomic mass is 10.2. The third-order valence-corrected chi connectivity index (χ3v) is 3.71. The fraction of sp³-hybridized carbons (Fsp3) is 0.0556. The van der Waals surface area contributed by atoms with Crippen molar-refractivity contribution < 1.29 is 4.79 Å². The number of anilines is 1. The smallest absolute Gasteiger partial charge is 0.257 e. The van der Waals surface area contributed by atoms with Crippen molar-refractivity contribution >= 4 is 28.1 Å². The number of benzene rings is 1. The second-order valence-corrected chi connectivity index (χ2v) is 5.40. The monoisotopic (exact) mass is 302 g/mol. The van der Waals surface area contributed by atoms with Crippen LogP contribution in [-0.2, 0) is 0 Å². The zero-order valence-corrected chi connectivity index (χ0v) is 12.5. The lowest BCUT2D eigenvalue weighted by molar-refractivity contribution is 0.102. The molecule has 0 bridgehead atoms. The van der Waals surface area contributed by atoms with Crippen LogP contribution in [0.4, 0.5) is 5.69 Å². The number of imidazole rings is 1. The van der Waals surface area contributed by atoms with E-state index in [9.17, 15) is 4.79 Å². The Hall–Kier alpha value is -3.21. The summed E-state index contributed by atoms with van der Waals surface area (Å²) in [4.78, 5) is 21.2. The molecule has 4 aromatic rings. The average Bonchev–Trinajstić information content (AvgIpc) is 2.94. The van der Waals surface area contributed by atoms with E-state index >= 15 is 0 Å². The van der Waals surface area contributed by atoms with Crippen LogP contribution < -0.4 is 5.32 Å². The van der Waals surface area contributed by atoms with Crippen molar-refractivity contribution in [3.63, 3.8) is 0 Å². The second-order valence-electron chi connectivity index (χ2n) is 5.40. The van der Waals surface area contributed by atoms with E-state index in [0.29, 0.717) is 11.3 Å². The topological polar surface area (TPSA) is 59.3 Å². The molecule has 5 nitrogen and oxygen atoms in total. The number of carbonyl (C=O) groups excluding carboxylic acids is 1. The molecule has 0 spiro atoms. The second kappa shape index (κ2) is 5.21. The first-order valence-corrected chi connectivity index (χ1v) is 7.31. The molecule has 5 heteroatoms. The lowest BCUT2D eigenvalue weighted by Gasteiger charge is -2.08. The van der Waals surface area contributed by atoms with Gasteiger partial charge in [-0.3, -0.25) is 9.78 Å². The summed E-state index contributed by atoms with van der Waals surface area (Å²) in [5, 5.41) is 3.93. The van der Waals surface area contributed by atoms with Gasteiger partial charge >= 0.3 is 0 Å². The number of rotatable bonds is 2. The Labute approximate surface area is 132 Å². The van der Waals surface area contributed by atoms with Crippen molar-refractivity contribution in [2.45, 2.75) is 6.92 Å². The van der Waals surface area contributed by atoms with Crippen LogP contribution in [0.3, 0.4) is 0 Å². The largest absolute Gasteiger partial charge is 0.320 e. The molecule has 1 amide bonds. The molecule has 3 heterocycles. The van der Waals surface area contributed by atoms with E-state index in [1.54, 1.807) is 18.5 Å². The number of hydrogen-bond donors (Lipinski definition) is 1. The van der Waals surface area contributed by atoms with Crippen molar-refractivity contribution in [1.29, 1.82) is 0 Å². The van der Waals surface area contributed by atoms with Gasteiger partial charge in [-0.2, -0.15) is 0 Å². The van der Waals surface area contributed by atoms with Gasteiger partial charge in [-0.1, -0.05) is 18.2 Å². The predicted octanol–water partition coefficient (Wildman–Crippen LogP) is 3.44. The van der Waals surface area contributed by atoms with Gasteiger partial charge in [0.2, 0.25) is 0 Å². The first-order valence-electron chi connectivity index (χ1n) is 7.31. The van der Waals surface area contributed by atoms with Gasteiger partial charge < -0.3 is 9.72 Å². The van der Waals surface area contributed by atoms with Gasteiger partial charge in [0.15, 0.2) is 0 Å². The Morgan fingerprint density at radius 3 is 2.87 bits per heavy atom. The summed E-state index contributed by atoms with van der Waals surface area (Å²) in [6.07, 6.45) is 5.40. The number of amides is 1. The molecule has 0 unspecified atom stereocenters. The summed E-state index contributed by atoms with van der Waals surface area (Å²) < 4.78 is 1.85. The molecule has 0 saturated heterocycles. The van der Waals surface area contributed by atoms with E-state index in [0.717, 1.165) is 22.2 Å². The SMILES string of the molecule is Cc1cn2cc(C(=O)Nc3cccc4cccnc34)ccc2n1. The van der Waals surface area contributed by atoms with E-state index in [2.05, 4.69) is 15.3 Å². The Bertz CT molecular complexity index is 1030. The number of carbonyl (C=O) groups is 1. The predicted molar refractivity (Wildman–Crippen MR) is 89.6 cm³/mol. The number of nitrogens with zero attached hydrogens (tertiary/aromatic N) is 3. The fourth-order valence-corrected chi connectivity index (χ4v) is 2.65. The van der Waals surface area contributed by atoms with Gasteiger partial charge in [0, 0.05) is 24.0 Å². The first-order chi connectivity index (χ1) is 11.2. The van der Waals surface area contributed by atoms with Crippen molar-refractivity contribution in [3.8, 4) is 0 Å². The number of aromatic nitrogens is 3. The zero-order chi connectivity index (χ0) is 15.8. The maximum atomic E-state index is 12.5. The van der Waals surface area contributed by atoms with Crippen molar-refractivity contribution in [1.82, 2.24) is 14.4 Å². The molecule has 1 aromatic carbocycles. The van der Waals surface area contributed by atoms with Crippen molar-refractivity contribution in [3.05, 3.63) is 72.3 Å². The van der Waals surface area contributed by atoms with Crippen molar-refractivity contribution in [2.24, 2.45) is 0 Å². The minimum Gasteiger partial charge on any atom is -0.320 e. The molecular formula is C18H14N4O. The molecule has 0 aliphatic rings. The highest BCUT2D eigenvalue weighted by Gasteiger charge is 2.10. The first kappa shape index (κ1) is 13.5. The normalized spacial score (nSPS) is 11.0. The van der Waals surface area contributed by atoms with Crippen LogP contribution in [0.2, 0.25) is 0 Å². The molecule has 0 radical (unpaired) electrons. The summed E-state index contributed by atoms with van der Waals surface area (Å²) in [7, 11) is 0. The highest BCUT2D eigenvalue weighted by atomic mass is 16.1. The summed E-state index contributed by atoms with van der Waals surface area (Å²) in [5.41, 5.74) is 3.80. The van der Waals surface area contributed by atoms with Crippen LogP contribution in [0.5, 0.6) is 0 Å². The number of hydrogen-bond acceptors (Lipinski definition) is 3. The molecule has 0 atom stereocenters. The van der Waals surface area contributed by atoms with Crippen molar-refractivity contribution in [2.75, 3.05) is 5.32 Å². The lowest BCUT2D eigenvalue weighted by Crippen LogP contribution is -2.13. The van der Waals surface area contributed by atoms with Crippen LogP contribution in [0.1, 0.15) is 16.1 Å². The summed E-state index contributed by atoms with van der Waals surface area (Å²) >= 11 is 0. The third kappa shape index (κ3) is 2.42. The summed E-state index contributed by atoms with van der Waals surface area (Å²) in [5.74, 6) is -0.170. The van der Waals surface area contributed by atoms with Gasteiger partial charge in [-0.05, 0) is 31.2 Å². The van der Waals surface area contributed by atoms with E-state index in [-0.39, 0.29) is 5.91 Å². The number of pyridine rings is 2. The van der Waals surface area contributed by atoms with Crippen LogP contribution >= 0.6 is 0 Å². The minimum atomic E-state index is -0.170. The van der Waals surface area contributed by atoms with Crippen LogP contribution in [0.15, 0.2) is 61.1 Å². The highest BCUT2D eigenvalue weighted by molar-refractivity contribution is 6.08. The standard InChI is InChI=1S/C18H14N4O/c1-12-10-22-11-14(7-8-16(22)20-12)18(23)21-15-6-2-4-13-5-3-9-19-17(13)15/h2-11H,1H3,(H,21,23). The Kier molecular flexibility index (Phi) is 3.05. The van der Waals surface area contributed by atoms with E-state index < -0.39 is 0 Å². The molecule has 3 aromatic heterocycles. The van der Waals surface area contributed by atoms with Gasteiger partial charge in [-0.25, -0.2) is 4.98 Å². The average molecular weight is 302 g/mol. The maximum absolute atomic E-state index is 12.5. The molecule has 1 N–H and O–H groups in total. The van der Waals surface area contributed by atoms with E-state index in [1.807, 2.05) is 53.9 Å². The van der Waals surface area contributed by atoms with Crippen LogP contribution in [-0.4, -0.2) is 20.3 Å². The maximum Gasteiger partial charge on any atom is 0.257 e. The molecule has 0 saturated carbocycles. The van der Waals surface area contributed by atoms with Gasteiger partial charge in [0.05, 0.1) is 22.5 Å². The molecule has 0 aliphatic carbocycles. The molecule has 112 valence electrons. The van der Waals surface area contributed by atoms with E-state index in [4.69, 9.17) is 0 Å². The number of fused-ring (bicyclic) bond motifs is 2. The van der Waals surface area contributed by atoms with Crippen LogP contribution in [0.25, 0.3) is 16.6 Å². The van der Waals surface area contributed by atoms with Gasteiger partial charge in [0.1, 0.15) is 5.65 Å².